The molecule has 1 aliphatic rings. The van der Waals surface area contributed by atoms with Gasteiger partial charge in [0.05, 0.1) is 12.7 Å². The maximum absolute atomic E-state index is 12.9. The molecule has 4 rings (SSSR count). The highest BCUT2D eigenvalue weighted by Gasteiger charge is 2.30. The van der Waals surface area contributed by atoms with E-state index >= 15 is 0 Å². The molecule has 0 saturated carbocycles. The number of carbonyl (C=O) groups is 1. The Morgan fingerprint density at radius 1 is 1.03 bits per heavy atom. The SMILES string of the molecule is COc1ccc(-c2nc(C(=O)N3CCN(Cc4ccc(C(F)(F)F)cc4)CC3)cs2)cc1. The molecule has 0 atom stereocenters. The van der Waals surface area contributed by atoms with Gasteiger partial charge in [0.1, 0.15) is 16.5 Å². The van der Waals surface area contributed by atoms with Gasteiger partial charge in [0.2, 0.25) is 0 Å². The van der Waals surface area contributed by atoms with Gasteiger partial charge >= 0.3 is 6.18 Å². The second-order valence-corrected chi connectivity index (χ2v) is 8.39. The topological polar surface area (TPSA) is 45.7 Å². The third-order valence-electron chi connectivity index (χ3n) is 5.41. The largest absolute Gasteiger partial charge is 0.497 e. The summed E-state index contributed by atoms with van der Waals surface area (Å²) in [5.41, 5.74) is 1.53. The predicted molar refractivity (Wildman–Crippen MR) is 117 cm³/mol. The van der Waals surface area contributed by atoms with Gasteiger partial charge < -0.3 is 9.64 Å². The number of carbonyl (C=O) groups excluding carboxylic acids is 1. The Morgan fingerprint density at radius 3 is 2.28 bits per heavy atom. The van der Waals surface area contributed by atoms with E-state index < -0.39 is 11.7 Å². The quantitative estimate of drug-likeness (QED) is 0.548. The van der Waals surface area contributed by atoms with E-state index in [1.807, 2.05) is 24.3 Å². The average molecular weight is 462 g/mol. The fourth-order valence-corrected chi connectivity index (χ4v) is 4.37. The zero-order valence-corrected chi connectivity index (χ0v) is 18.2. The van der Waals surface area contributed by atoms with Crippen molar-refractivity contribution < 1.29 is 22.7 Å². The first kappa shape index (κ1) is 22.3. The van der Waals surface area contributed by atoms with Crippen molar-refractivity contribution in [2.45, 2.75) is 12.7 Å². The Hall–Kier alpha value is -2.91. The van der Waals surface area contributed by atoms with Crippen molar-refractivity contribution in [3.8, 4) is 16.3 Å². The summed E-state index contributed by atoms with van der Waals surface area (Å²) in [6.45, 7) is 2.96. The molecule has 0 bridgehead atoms. The highest BCUT2D eigenvalue weighted by molar-refractivity contribution is 7.13. The Morgan fingerprint density at radius 2 is 1.69 bits per heavy atom. The molecule has 3 aromatic rings. The molecular formula is C23H22F3N3O2S. The summed E-state index contributed by atoms with van der Waals surface area (Å²) >= 11 is 1.42. The van der Waals surface area contributed by atoms with E-state index in [2.05, 4.69) is 9.88 Å². The summed E-state index contributed by atoms with van der Waals surface area (Å²) < 4.78 is 43.3. The van der Waals surface area contributed by atoms with Crippen LogP contribution in [-0.2, 0) is 12.7 Å². The van der Waals surface area contributed by atoms with E-state index in [1.54, 1.807) is 17.4 Å². The molecule has 1 aromatic heterocycles. The highest BCUT2D eigenvalue weighted by atomic mass is 32.1. The lowest BCUT2D eigenvalue weighted by atomic mass is 10.1. The highest BCUT2D eigenvalue weighted by Crippen LogP contribution is 2.29. The number of piperazine rings is 1. The Labute approximate surface area is 188 Å². The lowest BCUT2D eigenvalue weighted by Gasteiger charge is -2.34. The van der Waals surface area contributed by atoms with E-state index in [-0.39, 0.29) is 5.91 Å². The van der Waals surface area contributed by atoms with Crippen molar-refractivity contribution in [1.82, 2.24) is 14.8 Å². The van der Waals surface area contributed by atoms with Crippen LogP contribution in [-0.4, -0.2) is 54.0 Å². The number of amides is 1. The average Bonchev–Trinajstić information content (AvgIpc) is 3.29. The van der Waals surface area contributed by atoms with Crippen LogP contribution in [0.25, 0.3) is 10.6 Å². The van der Waals surface area contributed by atoms with Crippen molar-refractivity contribution in [2.24, 2.45) is 0 Å². The Kier molecular flexibility index (Phi) is 6.48. The number of aromatic nitrogens is 1. The lowest BCUT2D eigenvalue weighted by molar-refractivity contribution is -0.137. The lowest BCUT2D eigenvalue weighted by Crippen LogP contribution is -2.48. The van der Waals surface area contributed by atoms with E-state index in [4.69, 9.17) is 4.74 Å². The molecule has 1 fully saturated rings. The first-order chi connectivity index (χ1) is 15.3. The van der Waals surface area contributed by atoms with Crippen LogP contribution in [0.3, 0.4) is 0 Å². The van der Waals surface area contributed by atoms with Gasteiger partial charge in [-0.25, -0.2) is 4.98 Å². The number of halogens is 3. The van der Waals surface area contributed by atoms with Crippen LogP contribution in [0.4, 0.5) is 13.2 Å². The first-order valence-electron chi connectivity index (χ1n) is 10.1. The van der Waals surface area contributed by atoms with Crippen LogP contribution in [0.2, 0.25) is 0 Å². The summed E-state index contributed by atoms with van der Waals surface area (Å²) in [6.07, 6.45) is -4.33. The van der Waals surface area contributed by atoms with E-state index in [9.17, 15) is 18.0 Å². The van der Waals surface area contributed by atoms with Crippen molar-refractivity contribution in [3.05, 3.63) is 70.7 Å². The minimum absolute atomic E-state index is 0.102. The number of nitrogens with zero attached hydrogens (tertiary/aromatic N) is 3. The molecule has 32 heavy (non-hydrogen) atoms. The number of benzene rings is 2. The molecule has 2 heterocycles. The van der Waals surface area contributed by atoms with Gasteiger partial charge in [0, 0.05) is 43.7 Å². The summed E-state index contributed by atoms with van der Waals surface area (Å²) in [4.78, 5) is 21.3. The molecule has 1 amide bonds. The van der Waals surface area contributed by atoms with E-state index in [0.717, 1.165) is 34.0 Å². The summed E-state index contributed by atoms with van der Waals surface area (Å²) in [7, 11) is 1.61. The maximum Gasteiger partial charge on any atom is 0.416 e. The van der Waals surface area contributed by atoms with Gasteiger partial charge in [-0.3, -0.25) is 9.69 Å². The van der Waals surface area contributed by atoms with E-state index in [0.29, 0.717) is 38.4 Å². The summed E-state index contributed by atoms with van der Waals surface area (Å²) in [5.74, 6) is 0.658. The normalized spacial score (nSPS) is 15.1. The number of alkyl halides is 3. The van der Waals surface area contributed by atoms with Crippen LogP contribution in [0, 0.1) is 0 Å². The number of ether oxygens (including phenoxy) is 1. The van der Waals surface area contributed by atoms with Crippen molar-refractivity contribution in [3.63, 3.8) is 0 Å². The third kappa shape index (κ3) is 5.11. The standard InChI is InChI=1S/C23H22F3N3O2S/c1-31-19-8-4-17(5-9-19)21-27-20(15-32-21)22(30)29-12-10-28(11-13-29)14-16-2-6-18(7-3-16)23(24,25)26/h2-9,15H,10-14H2,1H3. The van der Waals surface area contributed by atoms with Gasteiger partial charge in [-0.1, -0.05) is 12.1 Å². The van der Waals surface area contributed by atoms with E-state index in [1.165, 1.54) is 23.5 Å². The van der Waals surface area contributed by atoms with Crippen molar-refractivity contribution in [2.75, 3.05) is 33.3 Å². The minimum Gasteiger partial charge on any atom is -0.497 e. The number of hydrogen-bond donors (Lipinski definition) is 0. The number of hydrogen-bond acceptors (Lipinski definition) is 5. The molecule has 1 saturated heterocycles. The van der Waals surface area contributed by atoms with Gasteiger partial charge in [0.25, 0.3) is 5.91 Å². The molecule has 5 nitrogen and oxygen atoms in total. The predicted octanol–water partition coefficient (Wildman–Crippen LogP) is 4.80. The van der Waals surface area contributed by atoms with Crippen molar-refractivity contribution >= 4 is 17.2 Å². The molecule has 0 spiro atoms. The molecule has 0 radical (unpaired) electrons. The molecule has 168 valence electrons. The minimum atomic E-state index is -4.33. The molecule has 2 aromatic carbocycles. The van der Waals surface area contributed by atoms with Crippen LogP contribution < -0.4 is 4.74 Å². The van der Waals surface area contributed by atoms with Gasteiger partial charge in [0.15, 0.2) is 0 Å². The summed E-state index contributed by atoms with van der Waals surface area (Å²) in [6, 6.07) is 12.8. The number of thiazole rings is 1. The zero-order valence-electron chi connectivity index (χ0n) is 17.4. The third-order valence-corrected chi connectivity index (χ3v) is 6.30. The van der Waals surface area contributed by atoms with Crippen LogP contribution in [0.15, 0.2) is 53.9 Å². The van der Waals surface area contributed by atoms with Crippen LogP contribution >= 0.6 is 11.3 Å². The molecule has 1 aliphatic heterocycles. The zero-order chi connectivity index (χ0) is 22.7. The second-order valence-electron chi connectivity index (χ2n) is 7.53. The smallest absolute Gasteiger partial charge is 0.416 e. The second kappa shape index (κ2) is 9.30. The monoisotopic (exact) mass is 461 g/mol. The van der Waals surface area contributed by atoms with Gasteiger partial charge in [-0.05, 0) is 42.0 Å². The van der Waals surface area contributed by atoms with Gasteiger partial charge in [-0.15, -0.1) is 11.3 Å². The molecule has 9 heteroatoms. The fraction of sp³-hybridized carbons (Fsp3) is 0.304. The maximum atomic E-state index is 12.9. The van der Waals surface area contributed by atoms with Crippen LogP contribution in [0.5, 0.6) is 5.75 Å². The molecule has 0 N–H and O–H groups in total. The fourth-order valence-electron chi connectivity index (χ4n) is 3.57. The Bertz CT molecular complexity index is 1060. The first-order valence-corrected chi connectivity index (χ1v) is 11.0. The summed E-state index contributed by atoms with van der Waals surface area (Å²) in [5, 5.41) is 2.55. The Balaban J connectivity index is 1.32. The van der Waals surface area contributed by atoms with Gasteiger partial charge in [-0.2, -0.15) is 13.2 Å². The number of rotatable bonds is 5. The molecule has 0 unspecified atom stereocenters. The van der Waals surface area contributed by atoms with Crippen LogP contribution in [0.1, 0.15) is 21.6 Å². The molecule has 0 aliphatic carbocycles. The number of methoxy groups -OCH3 is 1. The van der Waals surface area contributed by atoms with Crippen molar-refractivity contribution in [1.29, 1.82) is 0 Å². The molecular weight excluding hydrogens is 439 g/mol.